The van der Waals surface area contributed by atoms with Crippen molar-refractivity contribution in [1.82, 2.24) is 4.98 Å². The van der Waals surface area contributed by atoms with Gasteiger partial charge in [-0.05, 0) is 63.6 Å². The van der Waals surface area contributed by atoms with Gasteiger partial charge in [-0.2, -0.15) is 0 Å². The molecule has 3 aromatic rings. The zero-order chi connectivity index (χ0) is 22.8. The summed E-state index contributed by atoms with van der Waals surface area (Å²) in [4.78, 5) is 32.8. The lowest BCUT2D eigenvalue weighted by Crippen LogP contribution is -2.20. The first kappa shape index (κ1) is 24.9. The SMILES string of the molecule is C=CCOc1cc(C)ccc1-c1c(C(=O)C(=O)OCC)c(C)nc2sc3c(c12)CCCC3.Cl. The van der Waals surface area contributed by atoms with Gasteiger partial charge in [0.15, 0.2) is 0 Å². The molecule has 2 aromatic heterocycles. The summed E-state index contributed by atoms with van der Waals surface area (Å²) in [6.07, 6.45) is 5.90. The van der Waals surface area contributed by atoms with Crippen LogP contribution in [0.3, 0.4) is 0 Å². The summed E-state index contributed by atoms with van der Waals surface area (Å²) in [5.41, 5.74) is 4.62. The Morgan fingerprint density at radius 1 is 1.21 bits per heavy atom. The topological polar surface area (TPSA) is 65.5 Å². The number of esters is 1. The number of benzene rings is 1. The Bertz CT molecular complexity index is 1230. The Labute approximate surface area is 204 Å². The van der Waals surface area contributed by atoms with Crippen LogP contribution in [0.15, 0.2) is 30.9 Å². The van der Waals surface area contributed by atoms with E-state index in [1.54, 1.807) is 31.3 Å². The van der Waals surface area contributed by atoms with Crippen molar-refractivity contribution in [3.63, 3.8) is 0 Å². The number of halogens is 1. The normalized spacial score (nSPS) is 12.6. The monoisotopic (exact) mass is 485 g/mol. The fourth-order valence-corrected chi connectivity index (χ4v) is 5.67. The van der Waals surface area contributed by atoms with E-state index in [-0.39, 0.29) is 19.0 Å². The molecule has 0 bridgehead atoms. The van der Waals surface area contributed by atoms with Crippen LogP contribution in [0.4, 0.5) is 0 Å². The van der Waals surface area contributed by atoms with Crippen molar-refractivity contribution in [2.45, 2.75) is 46.5 Å². The highest BCUT2D eigenvalue weighted by Gasteiger charge is 2.31. The second kappa shape index (κ2) is 10.5. The zero-order valence-corrected chi connectivity index (χ0v) is 20.8. The molecule has 0 fully saturated rings. The third-order valence-electron chi connectivity index (χ3n) is 5.73. The van der Waals surface area contributed by atoms with E-state index in [0.29, 0.717) is 23.6 Å². The van der Waals surface area contributed by atoms with E-state index >= 15 is 0 Å². The minimum atomic E-state index is -0.859. The summed E-state index contributed by atoms with van der Waals surface area (Å²) in [5.74, 6) is -0.868. The second-order valence-corrected chi connectivity index (χ2v) is 9.07. The van der Waals surface area contributed by atoms with Crippen molar-refractivity contribution in [3.05, 3.63) is 58.1 Å². The van der Waals surface area contributed by atoms with Crippen LogP contribution in [-0.4, -0.2) is 30.0 Å². The van der Waals surface area contributed by atoms with Crippen molar-refractivity contribution in [3.8, 4) is 16.9 Å². The average molecular weight is 486 g/mol. The van der Waals surface area contributed by atoms with E-state index in [9.17, 15) is 9.59 Å². The van der Waals surface area contributed by atoms with Gasteiger partial charge < -0.3 is 9.47 Å². The molecule has 0 N–H and O–H groups in total. The summed E-state index contributed by atoms with van der Waals surface area (Å²) < 4.78 is 11.1. The van der Waals surface area contributed by atoms with E-state index in [0.717, 1.165) is 52.6 Å². The number of thiophene rings is 1. The van der Waals surface area contributed by atoms with Crippen molar-refractivity contribution in [1.29, 1.82) is 0 Å². The Hall–Kier alpha value is -2.70. The number of ketones is 1. The predicted molar refractivity (Wildman–Crippen MR) is 135 cm³/mol. The first-order valence-electron chi connectivity index (χ1n) is 11.0. The lowest BCUT2D eigenvalue weighted by molar-refractivity contribution is -0.137. The molecule has 1 aliphatic rings. The van der Waals surface area contributed by atoms with E-state index in [4.69, 9.17) is 14.5 Å². The minimum Gasteiger partial charge on any atom is -0.489 e. The van der Waals surface area contributed by atoms with E-state index in [2.05, 4.69) is 6.58 Å². The summed E-state index contributed by atoms with van der Waals surface area (Å²) >= 11 is 1.69. The number of Topliss-reactive ketones (excluding diaryl/α,β-unsaturated/α-hetero) is 1. The van der Waals surface area contributed by atoms with Crippen LogP contribution in [0.5, 0.6) is 5.75 Å². The van der Waals surface area contributed by atoms with Crippen LogP contribution in [0.25, 0.3) is 21.3 Å². The zero-order valence-electron chi connectivity index (χ0n) is 19.2. The maximum Gasteiger partial charge on any atom is 0.379 e. The Morgan fingerprint density at radius 3 is 2.70 bits per heavy atom. The molecule has 7 heteroatoms. The third kappa shape index (κ3) is 4.68. The van der Waals surface area contributed by atoms with Gasteiger partial charge in [-0.15, -0.1) is 23.7 Å². The standard InChI is InChI=1S/C26H27NO4S.ClH/c1-5-13-31-19-14-15(3)11-12-17(19)22-21(24(28)26(29)30-6-2)16(4)27-25-23(22)18-9-7-8-10-20(18)32-25;/h5,11-12,14H,1,6-10,13H2,2-4H3;1H. The molecule has 4 rings (SSSR count). The highest BCUT2D eigenvalue weighted by molar-refractivity contribution is 7.19. The van der Waals surface area contributed by atoms with Gasteiger partial charge in [0.2, 0.25) is 0 Å². The Morgan fingerprint density at radius 2 is 1.97 bits per heavy atom. The number of rotatable bonds is 7. The molecule has 1 aromatic carbocycles. The molecule has 0 spiro atoms. The largest absolute Gasteiger partial charge is 0.489 e. The molecule has 1 aliphatic carbocycles. The molecule has 2 heterocycles. The molecule has 0 amide bonds. The smallest absolute Gasteiger partial charge is 0.379 e. The van der Waals surface area contributed by atoms with Gasteiger partial charge in [-0.25, -0.2) is 9.78 Å². The molecule has 5 nitrogen and oxygen atoms in total. The Balaban J connectivity index is 0.00000306. The van der Waals surface area contributed by atoms with Crippen LogP contribution in [0.1, 0.15) is 51.8 Å². The number of carbonyl (C=O) groups excluding carboxylic acids is 2. The quantitative estimate of drug-likeness (QED) is 0.173. The molecule has 0 saturated heterocycles. The van der Waals surface area contributed by atoms with Gasteiger partial charge in [-0.3, -0.25) is 4.79 Å². The predicted octanol–water partition coefficient (Wildman–Crippen LogP) is 6.19. The number of carbonyl (C=O) groups is 2. The lowest BCUT2D eigenvalue weighted by Gasteiger charge is -2.18. The Kier molecular flexibility index (Phi) is 7.92. The maximum atomic E-state index is 13.3. The summed E-state index contributed by atoms with van der Waals surface area (Å²) in [6.45, 7) is 9.70. The number of nitrogens with zero attached hydrogens (tertiary/aromatic N) is 1. The van der Waals surface area contributed by atoms with E-state index in [1.165, 1.54) is 10.4 Å². The van der Waals surface area contributed by atoms with Gasteiger partial charge >= 0.3 is 5.97 Å². The first-order chi connectivity index (χ1) is 15.5. The van der Waals surface area contributed by atoms with Gasteiger partial charge in [0, 0.05) is 21.4 Å². The number of fused-ring (bicyclic) bond motifs is 3. The van der Waals surface area contributed by atoms with Crippen LogP contribution in [0.2, 0.25) is 0 Å². The fraction of sp³-hybridized carbons (Fsp3) is 0.346. The number of pyridine rings is 1. The number of ether oxygens (including phenoxy) is 2. The van der Waals surface area contributed by atoms with Crippen LogP contribution < -0.4 is 4.74 Å². The van der Waals surface area contributed by atoms with Gasteiger partial charge in [-0.1, -0.05) is 24.8 Å². The van der Waals surface area contributed by atoms with Crippen LogP contribution in [-0.2, 0) is 22.4 Å². The van der Waals surface area contributed by atoms with Crippen molar-refractivity contribution in [2.75, 3.05) is 13.2 Å². The minimum absolute atomic E-state index is 0. The van der Waals surface area contributed by atoms with Gasteiger partial charge in [0.1, 0.15) is 17.2 Å². The summed E-state index contributed by atoms with van der Waals surface area (Å²) in [7, 11) is 0. The molecule has 0 aliphatic heterocycles. The molecule has 0 unspecified atom stereocenters. The molecule has 0 atom stereocenters. The molecular weight excluding hydrogens is 458 g/mol. The van der Waals surface area contributed by atoms with Gasteiger partial charge in [0.25, 0.3) is 5.78 Å². The van der Waals surface area contributed by atoms with Crippen LogP contribution >= 0.6 is 23.7 Å². The van der Waals surface area contributed by atoms with E-state index < -0.39 is 11.8 Å². The molecule has 0 saturated carbocycles. The first-order valence-corrected chi connectivity index (χ1v) is 11.8. The van der Waals surface area contributed by atoms with Crippen LogP contribution in [0, 0.1) is 13.8 Å². The number of hydrogen-bond acceptors (Lipinski definition) is 6. The molecule has 33 heavy (non-hydrogen) atoms. The highest BCUT2D eigenvalue weighted by atomic mass is 35.5. The lowest BCUT2D eigenvalue weighted by atomic mass is 9.88. The van der Waals surface area contributed by atoms with Crippen molar-refractivity contribution >= 4 is 45.7 Å². The second-order valence-electron chi connectivity index (χ2n) is 7.99. The highest BCUT2D eigenvalue weighted by Crippen LogP contribution is 2.45. The van der Waals surface area contributed by atoms with E-state index in [1.807, 2.05) is 25.1 Å². The number of hydrogen-bond donors (Lipinski definition) is 0. The number of aromatic nitrogens is 1. The maximum absolute atomic E-state index is 13.3. The molecular formula is C26H28ClNO4S. The summed E-state index contributed by atoms with van der Waals surface area (Å²) in [5, 5.41) is 0.968. The van der Waals surface area contributed by atoms with Crippen molar-refractivity contribution in [2.24, 2.45) is 0 Å². The average Bonchev–Trinajstić information content (AvgIpc) is 3.14. The fourth-order valence-electron chi connectivity index (χ4n) is 4.35. The molecule has 174 valence electrons. The van der Waals surface area contributed by atoms with Crippen molar-refractivity contribution < 1.29 is 19.1 Å². The van der Waals surface area contributed by atoms with Gasteiger partial charge in [0.05, 0.1) is 17.9 Å². The number of aryl methyl sites for hydroxylation is 4. The molecule has 0 radical (unpaired) electrons. The third-order valence-corrected chi connectivity index (χ3v) is 6.92. The summed E-state index contributed by atoms with van der Waals surface area (Å²) in [6, 6.07) is 5.92.